The van der Waals surface area contributed by atoms with Crippen molar-refractivity contribution in [2.45, 2.75) is 12.5 Å². The summed E-state index contributed by atoms with van der Waals surface area (Å²) in [6, 6.07) is 0. The topological polar surface area (TPSA) is 105 Å². The third kappa shape index (κ3) is 3.26. The Morgan fingerprint density at radius 3 is 2.75 bits per heavy atom. The molecule has 1 aliphatic heterocycles. The molecule has 0 aromatic rings. The van der Waals surface area contributed by atoms with Gasteiger partial charge in [-0.25, -0.2) is 14.4 Å². The minimum absolute atomic E-state index is 0.218. The van der Waals surface area contributed by atoms with Crippen LogP contribution in [0.4, 0.5) is 0 Å². The van der Waals surface area contributed by atoms with Gasteiger partial charge >= 0.3 is 17.9 Å². The molecule has 88 valence electrons. The van der Waals surface area contributed by atoms with E-state index in [4.69, 9.17) is 10.5 Å². The third-order valence-corrected chi connectivity index (χ3v) is 1.74. The van der Waals surface area contributed by atoms with Crippen LogP contribution in [-0.2, 0) is 28.6 Å². The van der Waals surface area contributed by atoms with E-state index in [9.17, 15) is 14.4 Å². The Balaban J connectivity index is 2.28. The van der Waals surface area contributed by atoms with Crippen LogP contribution in [0.15, 0.2) is 12.3 Å². The lowest BCUT2D eigenvalue weighted by molar-refractivity contribution is -0.166. The number of carbonyl (C=O) groups excluding carboxylic acids is 3. The van der Waals surface area contributed by atoms with Crippen molar-refractivity contribution >= 4 is 17.9 Å². The smallest absolute Gasteiger partial charge is 0.354 e. The Kier molecular flexibility index (Phi) is 3.87. The van der Waals surface area contributed by atoms with Crippen molar-refractivity contribution in [3.63, 3.8) is 0 Å². The fourth-order valence-electron chi connectivity index (χ4n) is 0.994. The monoisotopic (exact) mass is 229 g/mol. The molecule has 0 saturated carbocycles. The Labute approximate surface area is 91.1 Å². The molecule has 0 aromatic heterocycles. The quantitative estimate of drug-likeness (QED) is 0.369. The summed E-state index contributed by atoms with van der Waals surface area (Å²) in [5.74, 6) is -2.33. The van der Waals surface area contributed by atoms with Gasteiger partial charge in [0.2, 0.25) is 6.10 Å². The molecule has 1 saturated heterocycles. The van der Waals surface area contributed by atoms with Crippen LogP contribution >= 0.6 is 0 Å². The Morgan fingerprint density at radius 1 is 1.56 bits per heavy atom. The first kappa shape index (κ1) is 12.0. The van der Waals surface area contributed by atoms with Crippen molar-refractivity contribution in [2.24, 2.45) is 5.73 Å². The van der Waals surface area contributed by atoms with Crippen molar-refractivity contribution in [1.82, 2.24) is 0 Å². The highest BCUT2D eigenvalue weighted by Crippen LogP contribution is 2.10. The number of hydrogen-bond acceptors (Lipinski definition) is 7. The van der Waals surface area contributed by atoms with Gasteiger partial charge in [0.1, 0.15) is 5.70 Å². The normalized spacial score (nSPS) is 18.8. The molecular weight excluding hydrogens is 218 g/mol. The average Bonchev–Trinajstić information content (AvgIpc) is 2.60. The van der Waals surface area contributed by atoms with Gasteiger partial charge in [-0.15, -0.1) is 0 Å². The number of hydrogen-bond donors (Lipinski definition) is 1. The molecule has 2 N–H and O–H groups in total. The van der Waals surface area contributed by atoms with E-state index in [1.807, 2.05) is 0 Å². The number of ether oxygens (including phenoxy) is 3. The fraction of sp³-hybridized carbons (Fsp3) is 0.444. The highest BCUT2D eigenvalue weighted by Gasteiger charge is 2.30. The first-order valence-corrected chi connectivity index (χ1v) is 4.48. The standard InChI is InChI=1S/C9H11NO6/c1-5(10)8(12)15-4-7(11)16-6-2-3-14-9(6)13/h6H,1-4,10H2. The van der Waals surface area contributed by atoms with Gasteiger partial charge in [0.05, 0.1) is 6.61 Å². The first-order valence-electron chi connectivity index (χ1n) is 4.48. The molecule has 0 aliphatic carbocycles. The summed E-state index contributed by atoms with van der Waals surface area (Å²) in [5, 5.41) is 0. The fourth-order valence-corrected chi connectivity index (χ4v) is 0.994. The molecule has 0 amide bonds. The maximum atomic E-state index is 11.1. The number of nitrogens with two attached hydrogens (primary N) is 1. The molecule has 0 bridgehead atoms. The number of rotatable bonds is 4. The SMILES string of the molecule is C=C(N)C(=O)OCC(=O)OC1CCOC1=O. The van der Waals surface area contributed by atoms with Crippen molar-refractivity contribution in [2.75, 3.05) is 13.2 Å². The zero-order chi connectivity index (χ0) is 12.1. The highest BCUT2D eigenvalue weighted by atomic mass is 16.6. The Hall–Kier alpha value is -2.05. The zero-order valence-corrected chi connectivity index (χ0v) is 8.43. The van der Waals surface area contributed by atoms with Crippen molar-refractivity contribution in [3.05, 3.63) is 12.3 Å². The van der Waals surface area contributed by atoms with Crippen molar-refractivity contribution in [3.8, 4) is 0 Å². The minimum atomic E-state index is -0.910. The van der Waals surface area contributed by atoms with Gasteiger partial charge in [0.25, 0.3) is 0 Å². The maximum absolute atomic E-state index is 11.1. The van der Waals surface area contributed by atoms with E-state index in [0.29, 0.717) is 6.42 Å². The lowest BCUT2D eigenvalue weighted by Crippen LogP contribution is -2.26. The number of esters is 3. The summed E-state index contributed by atoms with van der Waals surface area (Å²) in [6.07, 6.45) is -0.602. The summed E-state index contributed by atoms with van der Waals surface area (Å²) in [5.41, 5.74) is 4.70. The molecule has 16 heavy (non-hydrogen) atoms. The second-order valence-electron chi connectivity index (χ2n) is 3.04. The van der Waals surface area contributed by atoms with E-state index in [-0.39, 0.29) is 12.3 Å². The van der Waals surface area contributed by atoms with Crippen LogP contribution in [0.1, 0.15) is 6.42 Å². The Morgan fingerprint density at radius 2 is 2.25 bits per heavy atom. The molecule has 1 fully saturated rings. The highest BCUT2D eigenvalue weighted by molar-refractivity contribution is 5.88. The molecule has 7 nitrogen and oxygen atoms in total. The molecule has 1 aliphatic rings. The molecule has 1 rings (SSSR count). The third-order valence-electron chi connectivity index (χ3n) is 1.74. The van der Waals surface area contributed by atoms with Crippen LogP contribution in [0.5, 0.6) is 0 Å². The van der Waals surface area contributed by atoms with E-state index in [1.54, 1.807) is 0 Å². The molecule has 0 spiro atoms. The summed E-state index contributed by atoms with van der Waals surface area (Å²) in [7, 11) is 0. The van der Waals surface area contributed by atoms with Crippen LogP contribution in [0.3, 0.4) is 0 Å². The predicted molar refractivity (Wildman–Crippen MR) is 49.7 cm³/mol. The average molecular weight is 229 g/mol. The molecule has 1 atom stereocenters. The van der Waals surface area contributed by atoms with Crippen LogP contribution in [0.2, 0.25) is 0 Å². The molecule has 1 unspecified atom stereocenters. The summed E-state index contributed by atoms with van der Waals surface area (Å²) in [4.78, 5) is 32.8. The summed E-state index contributed by atoms with van der Waals surface area (Å²) < 4.78 is 13.7. The van der Waals surface area contributed by atoms with Gasteiger partial charge in [-0.05, 0) is 0 Å². The van der Waals surface area contributed by atoms with E-state index in [0.717, 1.165) is 0 Å². The van der Waals surface area contributed by atoms with Crippen molar-refractivity contribution < 1.29 is 28.6 Å². The molecular formula is C9H11NO6. The largest absolute Gasteiger partial charge is 0.463 e. The second kappa shape index (κ2) is 5.15. The molecule has 0 radical (unpaired) electrons. The number of cyclic esters (lactones) is 1. The maximum Gasteiger partial charge on any atom is 0.354 e. The van der Waals surface area contributed by atoms with Crippen LogP contribution < -0.4 is 5.73 Å². The van der Waals surface area contributed by atoms with Gasteiger partial charge in [0, 0.05) is 6.42 Å². The van der Waals surface area contributed by atoms with E-state index >= 15 is 0 Å². The van der Waals surface area contributed by atoms with Gasteiger partial charge in [0.15, 0.2) is 6.61 Å². The molecule has 1 heterocycles. The summed E-state index contributed by atoms with van der Waals surface area (Å²) >= 11 is 0. The molecule has 7 heteroatoms. The van der Waals surface area contributed by atoms with Gasteiger partial charge in [-0.1, -0.05) is 6.58 Å². The van der Waals surface area contributed by atoms with Gasteiger partial charge < -0.3 is 19.9 Å². The minimum Gasteiger partial charge on any atom is -0.463 e. The van der Waals surface area contributed by atoms with Crippen LogP contribution in [-0.4, -0.2) is 37.2 Å². The zero-order valence-electron chi connectivity index (χ0n) is 8.43. The van der Waals surface area contributed by atoms with Crippen LogP contribution in [0.25, 0.3) is 0 Å². The van der Waals surface area contributed by atoms with Gasteiger partial charge in [-0.2, -0.15) is 0 Å². The van der Waals surface area contributed by atoms with Gasteiger partial charge in [-0.3, -0.25) is 0 Å². The van der Waals surface area contributed by atoms with Crippen molar-refractivity contribution in [1.29, 1.82) is 0 Å². The van der Waals surface area contributed by atoms with E-state index in [1.165, 1.54) is 0 Å². The van der Waals surface area contributed by atoms with Crippen LogP contribution in [0, 0.1) is 0 Å². The molecule has 0 aromatic carbocycles. The lowest BCUT2D eigenvalue weighted by Gasteiger charge is -2.08. The predicted octanol–water partition coefficient (Wildman–Crippen LogP) is -1.14. The summed E-state index contributed by atoms with van der Waals surface area (Å²) in [6.45, 7) is 2.73. The van der Waals surface area contributed by atoms with E-state index in [2.05, 4.69) is 16.1 Å². The lowest BCUT2D eigenvalue weighted by atomic mass is 10.3. The number of carbonyl (C=O) groups is 3. The first-order chi connectivity index (χ1) is 7.50. The Bertz CT molecular complexity index is 337. The van der Waals surface area contributed by atoms with E-state index < -0.39 is 30.6 Å². The second-order valence-corrected chi connectivity index (χ2v) is 3.04.